The number of rotatable bonds is 2. The van der Waals surface area contributed by atoms with Gasteiger partial charge in [0.25, 0.3) is 0 Å². The molecule has 5 nitrogen and oxygen atoms in total. The maximum absolute atomic E-state index is 5.03. The molecular weight excluding hydrogens is 182 g/mol. The highest BCUT2D eigenvalue weighted by Gasteiger charge is 2.06. The van der Waals surface area contributed by atoms with Gasteiger partial charge in [-0.25, -0.2) is 0 Å². The molecular formula is C9H9N3O2. The SMILES string of the molecule is COc1cncc(-c2noc(C)n2)c1. The van der Waals surface area contributed by atoms with E-state index in [4.69, 9.17) is 9.26 Å². The highest BCUT2D eigenvalue weighted by atomic mass is 16.5. The molecule has 5 heteroatoms. The standard InChI is InChI=1S/C9H9N3O2/c1-6-11-9(12-14-6)7-3-8(13-2)5-10-4-7/h3-5H,1-2H3. The molecule has 0 unspecified atom stereocenters. The van der Waals surface area contributed by atoms with Crippen molar-refractivity contribution in [3.8, 4) is 17.1 Å². The van der Waals surface area contributed by atoms with Crippen LogP contribution < -0.4 is 4.74 Å². The lowest BCUT2D eigenvalue weighted by Crippen LogP contribution is -1.87. The van der Waals surface area contributed by atoms with Crippen molar-refractivity contribution in [1.82, 2.24) is 15.1 Å². The van der Waals surface area contributed by atoms with Gasteiger partial charge in [0.05, 0.1) is 13.3 Å². The zero-order chi connectivity index (χ0) is 9.97. The maximum atomic E-state index is 5.03. The van der Waals surface area contributed by atoms with Crippen molar-refractivity contribution in [3.05, 3.63) is 24.4 Å². The van der Waals surface area contributed by atoms with E-state index in [0.29, 0.717) is 17.5 Å². The van der Waals surface area contributed by atoms with E-state index in [1.54, 1.807) is 32.5 Å². The van der Waals surface area contributed by atoms with Crippen LogP contribution in [0.3, 0.4) is 0 Å². The first-order valence-corrected chi connectivity index (χ1v) is 4.09. The van der Waals surface area contributed by atoms with E-state index in [9.17, 15) is 0 Å². The molecule has 0 aromatic carbocycles. The predicted octanol–water partition coefficient (Wildman–Crippen LogP) is 1.45. The van der Waals surface area contributed by atoms with Crippen LogP contribution in [0.25, 0.3) is 11.4 Å². The van der Waals surface area contributed by atoms with Crippen LogP contribution in [0.2, 0.25) is 0 Å². The smallest absolute Gasteiger partial charge is 0.223 e. The molecule has 72 valence electrons. The Morgan fingerprint density at radius 3 is 2.86 bits per heavy atom. The first-order valence-electron chi connectivity index (χ1n) is 4.09. The second kappa shape index (κ2) is 3.45. The number of methoxy groups -OCH3 is 1. The Balaban J connectivity index is 2.41. The van der Waals surface area contributed by atoms with Gasteiger partial charge in [-0.2, -0.15) is 4.98 Å². The monoisotopic (exact) mass is 191 g/mol. The molecule has 14 heavy (non-hydrogen) atoms. The Kier molecular flexibility index (Phi) is 2.14. The fourth-order valence-corrected chi connectivity index (χ4v) is 1.07. The van der Waals surface area contributed by atoms with Crippen LogP contribution in [-0.2, 0) is 0 Å². The summed E-state index contributed by atoms with van der Waals surface area (Å²) in [5.74, 6) is 1.72. The first-order chi connectivity index (χ1) is 6.79. The zero-order valence-corrected chi connectivity index (χ0v) is 7.89. The molecule has 0 spiro atoms. The van der Waals surface area contributed by atoms with Gasteiger partial charge in [-0.15, -0.1) is 0 Å². The number of hydrogen-bond acceptors (Lipinski definition) is 5. The van der Waals surface area contributed by atoms with Crippen molar-refractivity contribution in [3.63, 3.8) is 0 Å². The Hall–Kier alpha value is -1.91. The lowest BCUT2D eigenvalue weighted by Gasteiger charge is -1.98. The van der Waals surface area contributed by atoms with Crippen molar-refractivity contribution in [2.75, 3.05) is 7.11 Å². The highest BCUT2D eigenvalue weighted by molar-refractivity contribution is 5.54. The molecule has 0 radical (unpaired) electrons. The largest absolute Gasteiger partial charge is 0.495 e. The summed E-state index contributed by atoms with van der Waals surface area (Å²) in [5, 5.41) is 3.78. The second-order valence-electron chi connectivity index (χ2n) is 2.75. The van der Waals surface area contributed by atoms with Crippen molar-refractivity contribution >= 4 is 0 Å². The van der Waals surface area contributed by atoms with Crippen LogP contribution in [0.15, 0.2) is 23.0 Å². The summed E-state index contributed by atoms with van der Waals surface area (Å²) in [5.41, 5.74) is 0.779. The van der Waals surface area contributed by atoms with E-state index in [0.717, 1.165) is 5.56 Å². The molecule has 0 atom stereocenters. The molecule has 0 saturated heterocycles. The van der Waals surface area contributed by atoms with E-state index in [1.165, 1.54) is 0 Å². The third-order valence-corrected chi connectivity index (χ3v) is 1.73. The molecule has 2 aromatic heterocycles. The van der Waals surface area contributed by atoms with E-state index in [2.05, 4.69) is 15.1 Å². The predicted molar refractivity (Wildman–Crippen MR) is 48.8 cm³/mol. The maximum Gasteiger partial charge on any atom is 0.223 e. The van der Waals surface area contributed by atoms with Crippen LogP contribution in [0.4, 0.5) is 0 Å². The van der Waals surface area contributed by atoms with Gasteiger partial charge in [0.2, 0.25) is 11.7 Å². The highest BCUT2D eigenvalue weighted by Crippen LogP contribution is 2.19. The topological polar surface area (TPSA) is 61.0 Å². The number of pyridine rings is 1. The van der Waals surface area contributed by atoms with Crippen molar-refractivity contribution in [2.45, 2.75) is 6.92 Å². The average Bonchev–Trinajstić information content (AvgIpc) is 2.65. The summed E-state index contributed by atoms with van der Waals surface area (Å²) < 4.78 is 9.90. The Morgan fingerprint density at radius 2 is 2.21 bits per heavy atom. The van der Waals surface area contributed by atoms with Gasteiger partial charge in [-0.05, 0) is 6.07 Å². The molecule has 0 aliphatic heterocycles. The summed E-state index contributed by atoms with van der Waals surface area (Å²) in [7, 11) is 1.59. The van der Waals surface area contributed by atoms with Gasteiger partial charge >= 0.3 is 0 Å². The van der Waals surface area contributed by atoms with Crippen molar-refractivity contribution in [2.24, 2.45) is 0 Å². The van der Waals surface area contributed by atoms with Gasteiger partial charge in [0.1, 0.15) is 5.75 Å². The Morgan fingerprint density at radius 1 is 1.36 bits per heavy atom. The van der Waals surface area contributed by atoms with E-state index >= 15 is 0 Å². The quantitative estimate of drug-likeness (QED) is 0.718. The van der Waals surface area contributed by atoms with Gasteiger partial charge in [-0.3, -0.25) is 4.98 Å². The first kappa shape index (κ1) is 8.68. The molecule has 2 heterocycles. The van der Waals surface area contributed by atoms with Crippen molar-refractivity contribution in [1.29, 1.82) is 0 Å². The summed E-state index contributed by atoms with van der Waals surface area (Å²) in [6, 6.07) is 1.80. The van der Waals surface area contributed by atoms with E-state index in [1.807, 2.05) is 0 Å². The number of hydrogen-bond donors (Lipinski definition) is 0. The van der Waals surface area contributed by atoms with Crippen LogP contribution >= 0.6 is 0 Å². The molecule has 0 bridgehead atoms. The average molecular weight is 191 g/mol. The molecule has 0 aliphatic carbocycles. The van der Waals surface area contributed by atoms with Gasteiger partial charge < -0.3 is 9.26 Å². The Bertz CT molecular complexity index is 439. The number of aromatic nitrogens is 3. The lowest BCUT2D eigenvalue weighted by atomic mass is 10.2. The van der Waals surface area contributed by atoms with Crippen LogP contribution in [-0.4, -0.2) is 22.2 Å². The van der Waals surface area contributed by atoms with Crippen LogP contribution in [0, 0.1) is 6.92 Å². The summed E-state index contributed by atoms with van der Waals surface area (Å²) in [6.07, 6.45) is 3.28. The third kappa shape index (κ3) is 1.56. The number of aryl methyl sites for hydroxylation is 1. The normalized spacial score (nSPS) is 10.1. The van der Waals surface area contributed by atoms with E-state index < -0.39 is 0 Å². The fourth-order valence-electron chi connectivity index (χ4n) is 1.07. The minimum atomic E-state index is 0.522. The molecule has 2 aromatic rings. The van der Waals surface area contributed by atoms with Gasteiger partial charge in [-0.1, -0.05) is 5.16 Å². The Labute approximate surface area is 80.7 Å². The summed E-state index contributed by atoms with van der Waals surface area (Å²) in [4.78, 5) is 8.08. The third-order valence-electron chi connectivity index (χ3n) is 1.73. The molecule has 0 saturated carbocycles. The molecule has 0 N–H and O–H groups in total. The number of ether oxygens (including phenoxy) is 1. The zero-order valence-electron chi connectivity index (χ0n) is 7.89. The molecule has 0 amide bonds. The van der Waals surface area contributed by atoms with E-state index in [-0.39, 0.29) is 0 Å². The molecule has 2 rings (SSSR count). The molecule has 0 aliphatic rings. The second-order valence-corrected chi connectivity index (χ2v) is 2.75. The fraction of sp³-hybridized carbons (Fsp3) is 0.222. The van der Waals surface area contributed by atoms with Gasteiger partial charge in [0.15, 0.2) is 0 Å². The van der Waals surface area contributed by atoms with Crippen molar-refractivity contribution < 1.29 is 9.26 Å². The minimum absolute atomic E-state index is 0.522. The van der Waals surface area contributed by atoms with Crippen LogP contribution in [0.1, 0.15) is 5.89 Å². The summed E-state index contributed by atoms with van der Waals surface area (Å²) in [6.45, 7) is 1.74. The summed E-state index contributed by atoms with van der Waals surface area (Å²) >= 11 is 0. The van der Waals surface area contributed by atoms with Crippen LogP contribution in [0.5, 0.6) is 5.75 Å². The lowest BCUT2D eigenvalue weighted by molar-refractivity contribution is 0.394. The molecule has 0 fully saturated rings. The number of nitrogens with zero attached hydrogens (tertiary/aromatic N) is 3. The minimum Gasteiger partial charge on any atom is -0.495 e. The van der Waals surface area contributed by atoms with Gasteiger partial charge in [0, 0.05) is 18.7 Å².